The predicted octanol–water partition coefficient (Wildman–Crippen LogP) is -0.211. The summed E-state index contributed by atoms with van der Waals surface area (Å²) >= 11 is 0. The van der Waals surface area contributed by atoms with Crippen molar-refractivity contribution < 1.29 is 4.57 Å². The van der Waals surface area contributed by atoms with Crippen molar-refractivity contribution in [2.24, 2.45) is 0 Å². The molecule has 0 fully saturated rings. The van der Waals surface area contributed by atoms with Crippen molar-refractivity contribution in [2.75, 3.05) is 0 Å². The van der Waals surface area contributed by atoms with Crippen LogP contribution in [-0.2, 0) is 4.57 Å². The van der Waals surface area contributed by atoms with Crippen molar-refractivity contribution in [3.63, 3.8) is 0 Å². The largest absolute Gasteiger partial charge is 0.268 e. The maximum absolute atomic E-state index is 9.97. The fourth-order valence-electron chi connectivity index (χ4n) is 0.283. The third-order valence-electron chi connectivity index (χ3n) is 0.583. The fourth-order valence-corrected chi connectivity index (χ4v) is 0.488. The van der Waals surface area contributed by atoms with E-state index in [0.29, 0.717) is 5.44 Å². The first-order valence-corrected chi connectivity index (χ1v) is 2.72. The van der Waals surface area contributed by atoms with E-state index in [0.717, 1.165) is 0 Å². The summed E-state index contributed by atoms with van der Waals surface area (Å²) in [5.74, 6) is 0. The van der Waals surface area contributed by atoms with Gasteiger partial charge in [-0.25, -0.2) is 0 Å². The van der Waals surface area contributed by atoms with E-state index in [2.05, 4.69) is 15.4 Å². The van der Waals surface area contributed by atoms with Crippen molar-refractivity contribution in [1.29, 1.82) is 0 Å². The first-order chi connectivity index (χ1) is 3.93. The Balaban J connectivity index is 2.99. The number of rotatable bonds is 1. The number of hydrogen-bond acceptors (Lipinski definition) is 4. The zero-order valence-corrected chi connectivity index (χ0v) is 4.75. The molecule has 5 heteroatoms. The molecule has 0 spiro atoms. The van der Waals surface area contributed by atoms with Crippen LogP contribution in [0.2, 0.25) is 0 Å². The van der Waals surface area contributed by atoms with Gasteiger partial charge in [-0.3, -0.25) is 4.57 Å². The highest BCUT2D eigenvalue weighted by molar-refractivity contribution is 7.33. The van der Waals surface area contributed by atoms with Crippen molar-refractivity contribution in [1.82, 2.24) is 15.4 Å². The Morgan fingerprint density at radius 2 is 2.50 bits per heavy atom. The molecule has 0 bridgehead atoms. The second-order valence-corrected chi connectivity index (χ2v) is 1.71. The topological polar surface area (TPSA) is 55.7 Å². The van der Waals surface area contributed by atoms with Crippen LogP contribution in [0.15, 0.2) is 12.3 Å². The van der Waals surface area contributed by atoms with Gasteiger partial charge in [-0.1, -0.05) is 0 Å². The van der Waals surface area contributed by atoms with Gasteiger partial charge in [0.1, 0.15) is 0 Å². The van der Waals surface area contributed by atoms with Gasteiger partial charge in [-0.15, -0.1) is 10.2 Å². The molecule has 0 aliphatic carbocycles. The minimum atomic E-state index is -0.114. The SMILES string of the molecule is O=Pc1ccnnn1. The van der Waals surface area contributed by atoms with E-state index >= 15 is 0 Å². The highest BCUT2D eigenvalue weighted by Crippen LogP contribution is 1.84. The quantitative estimate of drug-likeness (QED) is 0.489. The molecule has 0 unspecified atom stereocenters. The van der Waals surface area contributed by atoms with E-state index in [1.54, 1.807) is 0 Å². The maximum Gasteiger partial charge on any atom is 0.214 e. The monoisotopic (exact) mass is 127 g/mol. The summed E-state index contributed by atoms with van der Waals surface area (Å²) in [5, 5.41) is 10.0. The summed E-state index contributed by atoms with van der Waals surface area (Å²) in [7, 11) is -0.114. The Morgan fingerprint density at radius 3 is 2.88 bits per heavy atom. The molecule has 0 amide bonds. The van der Waals surface area contributed by atoms with Crippen LogP contribution in [0.4, 0.5) is 0 Å². The Labute approximate surface area is 47.1 Å². The second kappa shape index (κ2) is 2.43. The molecule has 0 aliphatic rings. The van der Waals surface area contributed by atoms with Crippen LogP contribution in [0.3, 0.4) is 0 Å². The van der Waals surface area contributed by atoms with Crippen molar-refractivity contribution >= 4 is 13.9 Å². The summed E-state index contributed by atoms with van der Waals surface area (Å²) < 4.78 is 9.97. The molecule has 0 saturated carbocycles. The minimum absolute atomic E-state index is 0.114. The van der Waals surface area contributed by atoms with Gasteiger partial charge in [-0.2, -0.15) is 0 Å². The Hall–Kier alpha value is -0.890. The zero-order chi connectivity index (χ0) is 5.82. The van der Waals surface area contributed by atoms with Crippen LogP contribution >= 0.6 is 8.46 Å². The molecule has 0 radical (unpaired) electrons. The summed E-state index contributed by atoms with van der Waals surface area (Å²) in [6.07, 6.45) is 1.44. The molecule has 1 rings (SSSR count). The molecule has 4 nitrogen and oxygen atoms in total. The average molecular weight is 127 g/mol. The Kier molecular flexibility index (Phi) is 1.59. The van der Waals surface area contributed by atoms with Crippen LogP contribution in [0.1, 0.15) is 0 Å². The van der Waals surface area contributed by atoms with Gasteiger partial charge in [-0.05, 0) is 11.3 Å². The van der Waals surface area contributed by atoms with Gasteiger partial charge in [0.25, 0.3) is 0 Å². The third kappa shape index (κ3) is 1.04. The van der Waals surface area contributed by atoms with E-state index in [-0.39, 0.29) is 8.46 Å². The minimum Gasteiger partial charge on any atom is -0.268 e. The van der Waals surface area contributed by atoms with Crippen LogP contribution < -0.4 is 5.44 Å². The summed E-state index contributed by atoms with van der Waals surface area (Å²) in [4.78, 5) is 0. The van der Waals surface area contributed by atoms with Gasteiger partial charge < -0.3 is 0 Å². The fraction of sp³-hybridized carbons (Fsp3) is 0. The van der Waals surface area contributed by atoms with Crippen LogP contribution in [0, 0.1) is 0 Å². The molecule has 40 valence electrons. The number of hydrogen-bond donors (Lipinski definition) is 0. The van der Waals surface area contributed by atoms with Crippen molar-refractivity contribution in [3.8, 4) is 0 Å². The van der Waals surface area contributed by atoms with Gasteiger partial charge in [0.05, 0.1) is 6.20 Å². The van der Waals surface area contributed by atoms with Crippen LogP contribution in [-0.4, -0.2) is 15.4 Å². The Morgan fingerprint density at radius 1 is 1.62 bits per heavy atom. The molecule has 0 N–H and O–H groups in total. The first-order valence-electron chi connectivity index (χ1n) is 1.91. The van der Waals surface area contributed by atoms with E-state index in [1.165, 1.54) is 12.3 Å². The zero-order valence-electron chi connectivity index (χ0n) is 3.85. The van der Waals surface area contributed by atoms with Gasteiger partial charge in [0.15, 0.2) is 5.44 Å². The van der Waals surface area contributed by atoms with Gasteiger partial charge in [0.2, 0.25) is 8.46 Å². The third-order valence-corrected chi connectivity index (χ3v) is 1.01. The van der Waals surface area contributed by atoms with Crippen molar-refractivity contribution in [3.05, 3.63) is 12.3 Å². The van der Waals surface area contributed by atoms with Crippen LogP contribution in [0.5, 0.6) is 0 Å². The summed E-state index contributed by atoms with van der Waals surface area (Å²) in [6, 6.07) is 1.53. The smallest absolute Gasteiger partial charge is 0.214 e. The number of aromatic nitrogens is 3. The normalized spacial score (nSPS) is 9.50. The average Bonchev–Trinajstić information content (AvgIpc) is 1.90. The molecule has 0 aromatic carbocycles. The predicted molar refractivity (Wildman–Crippen MR) is 27.1 cm³/mol. The lowest BCUT2D eigenvalue weighted by molar-refractivity contribution is 0.602. The van der Waals surface area contributed by atoms with E-state index in [9.17, 15) is 4.57 Å². The van der Waals surface area contributed by atoms with Gasteiger partial charge >= 0.3 is 0 Å². The van der Waals surface area contributed by atoms with E-state index < -0.39 is 0 Å². The molecule has 0 aliphatic heterocycles. The molecule has 0 atom stereocenters. The first kappa shape index (κ1) is 5.25. The lowest BCUT2D eigenvalue weighted by Gasteiger charge is -1.77. The van der Waals surface area contributed by atoms with Crippen LogP contribution in [0.25, 0.3) is 0 Å². The summed E-state index contributed by atoms with van der Waals surface area (Å²) in [5.41, 5.74) is 0.403. The lowest BCUT2D eigenvalue weighted by atomic mass is 10.7. The molecule has 1 aromatic heterocycles. The Bertz CT molecular complexity index is 177. The lowest BCUT2D eigenvalue weighted by Crippen LogP contribution is -2.00. The maximum atomic E-state index is 9.97. The molecule has 1 heterocycles. The molecule has 0 saturated heterocycles. The molecule has 8 heavy (non-hydrogen) atoms. The number of nitrogens with zero attached hydrogens (tertiary/aromatic N) is 3. The van der Waals surface area contributed by atoms with Crippen molar-refractivity contribution in [2.45, 2.75) is 0 Å². The van der Waals surface area contributed by atoms with E-state index in [1.807, 2.05) is 0 Å². The highest BCUT2D eigenvalue weighted by atomic mass is 31.1. The standard InChI is InChI=1S/C3H2N3OP/c7-8-3-1-2-4-6-5-3/h1-2H. The second-order valence-electron chi connectivity index (χ2n) is 1.07. The summed E-state index contributed by atoms with van der Waals surface area (Å²) in [6.45, 7) is 0. The van der Waals surface area contributed by atoms with Gasteiger partial charge in [0, 0.05) is 0 Å². The molecular weight excluding hydrogens is 125 g/mol. The van der Waals surface area contributed by atoms with E-state index in [4.69, 9.17) is 0 Å². The molecular formula is C3H2N3OP. The molecule has 1 aromatic rings. The highest BCUT2D eigenvalue weighted by Gasteiger charge is 1.86.